The summed E-state index contributed by atoms with van der Waals surface area (Å²) in [4.78, 5) is 0. The fraction of sp³-hybridized carbons (Fsp3) is 0.625. The van der Waals surface area contributed by atoms with Gasteiger partial charge in [0.1, 0.15) is 11.6 Å². The molecule has 204 valence electrons. The lowest BCUT2D eigenvalue weighted by atomic mass is 9.76. The van der Waals surface area contributed by atoms with Gasteiger partial charge in [-0.05, 0) is 84.7 Å². The minimum absolute atomic E-state index is 0.118. The Morgan fingerprint density at radius 2 is 1.14 bits per heavy atom. The summed E-state index contributed by atoms with van der Waals surface area (Å²) in [6.07, 6.45) is 13.2. The van der Waals surface area contributed by atoms with Crippen LogP contribution < -0.4 is 0 Å². The molecule has 4 rings (SSSR count). The Morgan fingerprint density at radius 1 is 0.676 bits per heavy atom. The lowest BCUT2D eigenvalue weighted by Crippen LogP contribution is -2.15. The first-order valence-corrected chi connectivity index (χ1v) is 14.4. The van der Waals surface area contributed by atoms with Gasteiger partial charge in [-0.1, -0.05) is 83.3 Å². The Kier molecular flexibility index (Phi) is 9.69. The molecule has 2 aromatic rings. The largest absolute Gasteiger partial charge is 0.416 e. The maximum absolute atomic E-state index is 14.9. The van der Waals surface area contributed by atoms with Crippen LogP contribution in [0.15, 0.2) is 36.4 Å². The first kappa shape index (κ1) is 28.1. The van der Waals surface area contributed by atoms with Crippen LogP contribution in [-0.4, -0.2) is 0 Å². The zero-order valence-electron chi connectivity index (χ0n) is 22.1. The van der Waals surface area contributed by atoms with E-state index in [1.165, 1.54) is 76.3 Å². The van der Waals surface area contributed by atoms with Gasteiger partial charge in [0.2, 0.25) is 0 Å². The molecule has 2 fully saturated rings. The average molecular weight is 521 g/mol. The van der Waals surface area contributed by atoms with Gasteiger partial charge in [-0.15, -0.1) is 0 Å². The van der Waals surface area contributed by atoms with Crippen molar-refractivity contribution in [1.82, 2.24) is 0 Å². The van der Waals surface area contributed by atoms with Crippen molar-refractivity contribution < 1.29 is 22.0 Å². The maximum Gasteiger partial charge on any atom is 0.416 e. The van der Waals surface area contributed by atoms with E-state index in [0.717, 1.165) is 61.8 Å². The molecule has 0 nitrogen and oxygen atoms in total. The highest BCUT2D eigenvalue weighted by Gasteiger charge is 2.30. The summed E-state index contributed by atoms with van der Waals surface area (Å²) in [7, 11) is 0. The second-order valence-electron chi connectivity index (χ2n) is 11.6. The first-order chi connectivity index (χ1) is 17.7. The molecule has 2 aliphatic carbocycles. The molecule has 2 aromatic carbocycles. The van der Waals surface area contributed by atoms with Gasteiger partial charge < -0.3 is 0 Å². The zero-order valence-corrected chi connectivity index (χ0v) is 22.1. The SMILES string of the molecule is CCC[C@H]1CC[C@H](CCCC[C@H]2CC[C@H](c3cc(F)c(-c4ccc(C(F)(F)F)cc4)c(F)c3)CC2)CC1. The lowest BCUT2D eigenvalue weighted by molar-refractivity contribution is -0.137. The van der Waals surface area contributed by atoms with E-state index in [1.807, 2.05) is 0 Å². The molecular weight excluding hydrogens is 479 g/mol. The molecule has 0 radical (unpaired) electrons. The first-order valence-electron chi connectivity index (χ1n) is 14.4. The van der Waals surface area contributed by atoms with Gasteiger partial charge in [0, 0.05) is 0 Å². The minimum Gasteiger partial charge on any atom is -0.206 e. The summed E-state index contributed by atoms with van der Waals surface area (Å²) in [5.41, 5.74) is -0.306. The summed E-state index contributed by atoms with van der Waals surface area (Å²) in [6.45, 7) is 2.29. The van der Waals surface area contributed by atoms with E-state index in [0.29, 0.717) is 11.5 Å². The standard InChI is InChI=1S/C32H41F5/c1-2-5-22-8-10-23(11-9-22)6-3-4-7-24-12-14-25(15-13-24)27-20-29(33)31(30(34)21-27)26-16-18-28(19-17-26)32(35,36)37/h16-25H,2-15H2,1H3/t22-,23-,24-,25-. The monoisotopic (exact) mass is 520 g/mol. The van der Waals surface area contributed by atoms with Crippen molar-refractivity contribution in [3.8, 4) is 11.1 Å². The molecule has 0 bridgehead atoms. The maximum atomic E-state index is 14.9. The number of halogens is 5. The van der Waals surface area contributed by atoms with Crippen molar-refractivity contribution in [2.24, 2.45) is 17.8 Å². The molecule has 2 aliphatic rings. The van der Waals surface area contributed by atoms with Crippen molar-refractivity contribution in [2.75, 3.05) is 0 Å². The molecule has 2 saturated carbocycles. The third-order valence-electron chi connectivity index (χ3n) is 9.02. The van der Waals surface area contributed by atoms with Gasteiger partial charge in [0.05, 0.1) is 11.1 Å². The zero-order chi connectivity index (χ0) is 26.4. The van der Waals surface area contributed by atoms with Crippen LogP contribution in [0.25, 0.3) is 11.1 Å². The molecule has 0 amide bonds. The van der Waals surface area contributed by atoms with E-state index >= 15 is 0 Å². The molecule has 0 heterocycles. The Balaban J connectivity index is 1.23. The highest BCUT2D eigenvalue weighted by molar-refractivity contribution is 5.66. The van der Waals surface area contributed by atoms with Crippen LogP contribution in [0.1, 0.15) is 114 Å². The van der Waals surface area contributed by atoms with E-state index in [4.69, 9.17) is 0 Å². The number of hydrogen-bond donors (Lipinski definition) is 0. The van der Waals surface area contributed by atoms with Gasteiger partial charge in [-0.25, -0.2) is 8.78 Å². The lowest BCUT2D eigenvalue weighted by Gasteiger charge is -2.30. The molecule has 0 N–H and O–H groups in total. The quantitative estimate of drug-likeness (QED) is 0.228. The number of hydrogen-bond acceptors (Lipinski definition) is 0. The summed E-state index contributed by atoms with van der Waals surface area (Å²) in [5, 5.41) is 0. The Labute approximate surface area is 219 Å². The highest BCUT2D eigenvalue weighted by atomic mass is 19.4. The summed E-state index contributed by atoms with van der Waals surface area (Å²) in [5.74, 6) is 1.33. The predicted octanol–water partition coefficient (Wildman–Crippen LogP) is 11.1. The normalized spacial score (nSPS) is 24.8. The van der Waals surface area contributed by atoms with Crippen LogP contribution in [-0.2, 0) is 6.18 Å². The average Bonchev–Trinajstić information content (AvgIpc) is 2.87. The molecule has 0 unspecified atom stereocenters. The van der Waals surface area contributed by atoms with Crippen molar-refractivity contribution in [1.29, 1.82) is 0 Å². The molecule has 0 aromatic heterocycles. The van der Waals surface area contributed by atoms with Crippen molar-refractivity contribution >= 4 is 0 Å². The van der Waals surface area contributed by atoms with Crippen molar-refractivity contribution in [2.45, 2.75) is 109 Å². The molecule has 0 saturated heterocycles. The fourth-order valence-electron chi connectivity index (χ4n) is 6.80. The van der Waals surface area contributed by atoms with Crippen LogP contribution in [0.2, 0.25) is 0 Å². The van der Waals surface area contributed by atoms with E-state index in [2.05, 4.69) is 6.92 Å². The molecule has 0 aliphatic heterocycles. The number of rotatable bonds is 9. The second kappa shape index (κ2) is 12.8. The molecule has 0 atom stereocenters. The van der Waals surface area contributed by atoms with Crippen LogP contribution >= 0.6 is 0 Å². The Bertz CT molecular complexity index is 954. The van der Waals surface area contributed by atoms with Crippen LogP contribution in [0.3, 0.4) is 0 Å². The molecular formula is C32H41F5. The molecule has 0 spiro atoms. The Morgan fingerprint density at radius 3 is 1.59 bits per heavy atom. The van der Waals surface area contributed by atoms with E-state index in [9.17, 15) is 22.0 Å². The number of benzene rings is 2. The molecule has 37 heavy (non-hydrogen) atoms. The highest BCUT2D eigenvalue weighted by Crippen LogP contribution is 2.41. The predicted molar refractivity (Wildman–Crippen MR) is 140 cm³/mol. The van der Waals surface area contributed by atoms with Gasteiger partial charge in [0.15, 0.2) is 0 Å². The second-order valence-corrected chi connectivity index (χ2v) is 11.6. The molecule has 5 heteroatoms. The topological polar surface area (TPSA) is 0 Å². The summed E-state index contributed by atoms with van der Waals surface area (Å²) >= 11 is 0. The van der Waals surface area contributed by atoms with Gasteiger partial charge >= 0.3 is 6.18 Å². The summed E-state index contributed by atoms with van der Waals surface area (Å²) in [6, 6.07) is 6.76. The smallest absolute Gasteiger partial charge is 0.206 e. The van der Waals surface area contributed by atoms with E-state index in [-0.39, 0.29) is 17.0 Å². The number of unbranched alkanes of at least 4 members (excludes halogenated alkanes) is 1. The third kappa shape index (κ3) is 7.57. The van der Waals surface area contributed by atoms with Crippen molar-refractivity contribution in [3.05, 3.63) is 59.2 Å². The Hall–Kier alpha value is -1.91. The minimum atomic E-state index is -4.48. The van der Waals surface area contributed by atoms with Crippen molar-refractivity contribution in [3.63, 3.8) is 0 Å². The van der Waals surface area contributed by atoms with Gasteiger partial charge in [-0.2, -0.15) is 13.2 Å². The third-order valence-corrected chi connectivity index (χ3v) is 9.02. The van der Waals surface area contributed by atoms with Crippen LogP contribution in [0.4, 0.5) is 22.0 Å². The van der Waals surface area contributed by atoms with Crippen LogP contribution in [0.5, 0.6) is 0 Å². The van der Waals surface area contributed by atoms with Gasteiger partial charge in [-0.3, -0.25) is 0 Å². The van der Waals surface area contributed by atoms with E-state index < -0.39 is 23.4 Å². The van der Waals surface area contributed by atoms with Crippen LogP contribution in [0, 0.1) is 29.4 Å². The number of alkyl halides is 3. The van der Waals surface area contributed by atoms with Gasteiger partial charge in [0.25, 0.3) is 0 Å². The van der Waals surface area contributed by atoms with E-state index in [1.54, 1.807) is 0 Å². The fourth-order valence-corrected chi connectivity index (χ4v) is 6.80. The summed E-state index contributed by atoms with van der Waals surface area (Å²) < 4.78 is 68.3.